The van der Waals surface area contributed by atoms with Gasteiger partial charge in [0.25, 0.3) is 5.91 Å². The number of aromatic nitrogens is 1. The van der Waals surface area contributed by atoms with Crippen molar-refractivity contribution in [3.8, 4) is 0 Å². The molecule has 2 aromatic rings. The summed E-state index contributed by atoms with van der Waals surface area (Å²) in [4.78, 5) is 28.7. The van der Waals surface area contributed by atoms with Crippen molar-refractivity contribution in [1.82, 2.24) is 10.3 Å². The molecule has 26 heavy (non-hydrogen) atoms. The van der Waals surface area contributed by atoms with E-state index < -0.39 is 17.9 Å². The topological polar surface area (TPSA) is 68.3 Å². The molecule has 2 rings (SSSR count). The third kappa shape index (κ3) is 6.00. The van der Waals surface area contributed by atoms with E-state index in [0.29, 0.717) is 6.42 Å². The summed E-state index contributed by atoms with van der Waals surface area (Å²) in [6.07, 6.45) is 1.76. The standard InChI is InChI=1S/C19H20Cl2N2O3/c1-12(2)8-16(19(25)26-11-13-6-4-3-5-7-13)23-18(24)14-9-15(20)17(21)22-10-14/h3-7,9-10,12,16H,8,11H2,1-2H3,(H,23,24)/t16-/m0/s1. The van der Waals surface area contributed by atoms with Gasteiger partial charge in [-0.1, -0.05) is 67.4 Å². The highest BCUT2D eigenvalue weighted by molar-refractivity contribution is 6.41. The molecule has 0 radical (unpaired) electrons. The Morgan fingerprint density at radius 3 is 2.50 bits per heavy atom. The second-order valence-electron chi connectivity index (χ2n) is 6.25. The number of benzene rings is 1. The van der Waals surface area contributed by atoms with Crippen LogP contribution in [0.4, 0.5) is 0 Å². The van der Waals surface area contributed by atoms with Gasteiger partial charge in [0, 0.05) is 6.20 Å². The van der Waals surface area contributed by atoms with Crippen LogP contribution in [-0.2, 0) is 16.1 Å². The molecule has 0 aliphatic heterocycles. The lowest BCUT2D eigenvalue weighted by molar-refractivity contribution is -0.147. The SMILES string of the molecule is CC(C)C[C@H](NC(=O)c1cnc(Cl)c(Cl)c1)C(=O)OCc1ccccc1. The average Bonchev–Trinajstić information content (AvgIpc) is 2.61. The van der Waals surface area contributed by atoms with E-state index in [1.165, 1.54) is 12.3 Å². The Morgan fingerprint density at radius 2 is 1.88 bits per heavy atom. The fourth-order valence-electron chi connectivity index (χ4n) is 2.30. The highest BCUT2D eigenvalue weighted by Gasteiger charge is 2.24. The molecule has 0 spiro atoms. The number of carbonyl (C=O) groups excluding carboxylic acids is 2. The second kappa shape index (κ2) is 9.55. The maximum absolute atomic E-state index is 12.4. The minimum absolute atomic E-state index is 0.115. The number of nitrogens with one attached hydrogen (secondary N) is 1. The van der Waals surface area contributed by atoms with Crippen LogP contribution in [0.2, 0.25) is 10.2 Å². The summed E-state index contributed by atoms with van der Waals surface area (Å²) in [5, 5.41) is 2.98. The highest BCUT2D eigenvalue weighted by Crippen LogP contribution is 2.20. The lowest BCUT2D eigenvalue weighted by Gasteiger charge is -2.19. The molecule has 1 atom stereocenters. The predicted octanol–water partition coefficient (Wildman–Crippen LogP) is 4.28. The van der Waals surface area contributed by atoms with Crippen molar-refractivity contribution in [2.45, 2.75) is 32.9 Å². The summed E-state index contributed by atoms with van der Waals surface area (Å²) in [5.74, 6) is -0.751. The van der Waals surface area contributed by atoms with Crippen molar-refractivity contribution < 1.29 is 14.3 Å². The van der Waals surface area contributed by atoms with Crippen molar-refractivity contribution in [2.75, 3.05) is 0 Å². The van der Waals surface area contributed by atoms with Crippen LogP contribution in [0, 0.1) is 5.92 Å². The van der Waals surface area contributed by atoms with Crippen LogP contribution in [0.3, 0.4) is 0 Å². The number of hydrogen-bond donors (Lipinski definition) is 1. The van der Waals surface area contributed by atoms with Crippen LogP contribution in [-0.4, -0.2) is 22.9 Å². The molecular formula is C19H20Cl2N2O3. The monoisotopic (exact) mass is 394 g/mol. The van der Waals surface area contributed by atoms with Crippen LogP contribution in [0.15, 0.2) is 42.6 Å². The molecular weight excluding hydrogens is 375 g/mol. The first kappa shape index (κ1) is 20.2. The predicted molar refractivity (Wildman–Crippen MR) is 101 cm³/mol. The van der Waals surface area contributed by atoms with Crippen molar-refractivity contribution in [1.29, 1.82) is 0 Å². The number of hydrogen-bond acceptors (Lipinski definition) is 4. The molecule has 7 heteroatoms. The number of rotatable bonds is 7. The number of amides is 1. The van der Waals surface area contributed by atoms with E-state index in [9.17, 15) is 9.59 Å². The third-order valence-electron chi connectivity index (χ3n) is 3.58. The van der Waals surface area contributed by atoms with Gasteiger partial charge in [-0.05, 0) is 24.0 Å². The summed E-state index contributed by atoms with van der Waals surface area (Å²) < 4.78 is 5.35. The van der Waals surface area contributed by atoms with Gasteiger partial charge in [-0.25, -0.2) is 9.78 Å². The van der Waals surface area contributed by atoms with Gasteiger partial charge in [0.1, 0.15) is 17.8 Å². The minimum atomic E-state index is -0.763. The lowest BCUT2D eigenvalue weighted by atomic mass is 10.0. The third-order valence-corrected chi connectivity index (χ3v) is 4.27. The molecule has 1 aromatic carbocycles. The molecule has 0 saturated heterocycles. The number of nitrogens with zero attached hydrogens (tertiary/aromatic N) is 1. The zero-order chi connectivity index (χ0) is 19.1. The number of carbonyl (C=O) groups is 2. The van der Waals surface area contributed by atoms with Crippen molar-refractivity contribution in [2.24, 2.45) is 5.92 Å². The Hall–Kier alpha value is -2.11. The number of esters is 1. The zero-order valence-electron chi connectivity index (χ0n) is 14.5. The van der Waals surface area contributed by atoms with E-state index in [-0.39, 0.29) is 28.3 Å². The largest absolute Gasteiger partial charge is 0.459 e. The van der Waals surface area contributed by atoms with E-state index >= 15 is 0 Å². The smallest absolute Gasteiger partial charge is 0.328 e. The van der Waals surface area contributed by atoms with Crippen molar-refractivity contribution in [3.63, 3.8) is 0 Å². The Morgan fingerprint density at radius 1 is 1.19 bits per heavy atom. The molecule has 0 saturated carbocycles. The Bertz CT molecular complexity index is 767. The molecule has 1 heterocycles. The van der Waals surface area contributed by atoms with Gasteiger partial charge in [0.2, 0.25) is 0 Å². The minimum Gasteiger partial charge on any atom is -0.459 e. The first-order chi connectivity index (χ1) is 12.4. The molecule has 1 N–H and O–H groups in total. The van der Waals surface area contributed by atoms with Gasteiger partial charge in [-0.15, -0.1) is 0 Å². The lowest BCUT2D eigenvalue weighted by Crippen LogP contribution is -2.42. The Kier molecular flexibility index (Phi) is 7.42. The number of halogens is 2. The molecule has 0 bridgehead atoms. The summed E-state index contributed by atoms with van der Waals surface area (Å²) >= 11 is 11.7. The van der Waals surface area contributed by atoms with E-state index in [2.05, 4.69) is 10.3 Å². The summed E-state index contributed by atoms with van der Waals surface area (Å²) in [7, 11) is 0. The second-order valence-corrected chi connectivity index (χ2v) is 7.01. The van der Waals surface area contributed by atoms with E-state index in [4.69, 9.17) is 27.9 Å². The fraction of sp³-hybridized carbons (Fsp3) is 0.316. The van der Waals surface area contributed by atoms with Crippen LogP contribution in [0.25, 0.3) is 0 Å². The molecule has 138 valence electrons. The Labute approximate surface area is 162 Å². The summed E-state index contributed by atoms with van der Waals surface area (Å²) in [6, 6.07) is 10.0. The molecule has 0 fully saturated rings. The number of pyridine rings is 1. The Balaban J connectivity index is 2.04. The van der Waals surface area contributed by atoms with Gasteiger partial charge < -0.3 is 10.1 Å². The van der Waals surface area contributed by atoms with Gasteiger partial charge in [-0.3, -0.25) is 4.79 Å². The van der Waals surface area contributed by atoms with Crippen molar-refractivity contribution in [3.05, 3.63) is 63.9 Å². The van der Waals surface area contributed by atoms with E-state index in [1.807, 2.05) is 44.2 Å². The normalized spacial score (nSPS) is 11.9. The van der Waals surface area contributed by atoms with Crippen LogP contribution >= 0.6 is 23.2 Å². The maximum Gasteiger partial charge on any atom is 0.328 e. The molecule has 0 unspecified atom stereocenters. The van der Waals surface area contributed by atoms with Gasteiger partial charge >= 0.3 is 5.97 Å². The van der Waals surface area contributed by atoms with Crippen LogP contribution in [0.1, 0.15) is 36.2 Å². The fourth-order valence-corrected chi connectivity index (χ4v) is 2.57. The first-order valence-corrected chi connectivity index (χ1v) is 8.95. The molecule has 0 aliphatic carbocycles. The average molecular weight is 395 g/mol. The highest BCUT2D eigenvalue weighted by atomic mass is 35.5. The molecule has 0 aliphatic rings. The molecule has 1 aromatic heterocycles. The van der Waals surface area contributed by atoms with Crippen LogP contribution < -0.4 is 5.32 Å². The van der Waals surface area contributed by atoms with E-state index in [0.717, 1.165) is 5.56 Å². The van der Waals surface area contributed by atoms with Gasteiger partial charge in [-0.2, -0.15) is 0 Å². The van der Waals surface area contributed by atoms with Gasteiger partial charge in [0.15, 0.2) is 0 Å². The summed E-state index contributed by atoms with van der Waals surface area (Å²) in [6.45, 7) is 4.08. The van der Waals surface area contributed by atoms with Crippen LogP contribution in [0.5, 0.6) is 0 Å². The quantitative estimate of drug-likeness (QED) is 0.562. The number of ether oxygens (including phenoxy) is 1. The summed E-state index contributed by atoms with van der Waals surface area (Å²) in [5.41, 5.74) is 1.10. The zero-order valence-corrected chi connectivity index (χ0v) is 16.1. The first-order valence-electron chi connectivity index (χ1n) is 8.19. The maximum atomic E-state index is 12.4. The molecule has 1 amide bonds. The van der Waals surface area contributed by atoms with E-state index in [1.54, 1.807) is 0 Å². The van der Waals surface area contributed by atoms with Crippen molar-refractivity contribution >= 4 is 35.1 Å². The van der Waals surface area contributed by atoms with Gasteiger partial charge in [0.05, 0.1) is 10.6 Å². The molecule has 5 nitrogen and oxygen atoms in total.